The third-order valence-electron chi connectivity index (χ3n) is 5.41. The third-order valence-corrected chi connectivity index (χ3v) is 7.85. The maximum atomic E-state index is 12.7. The topological polar surface area (TPSA) is 54.4 Å². The summed E-state index contributed by atoms with van der Waals surface area (Å²) < 4.78 is 11.6. The van der Waals surface area contributed by atoms with Crippen LogP contribution in [0, 0.1) is 23.7 Å². The van der Waals surface area contributed by atoms with E-state index in [2.05, 4.69) is 0 Å². The van der Waals surface area contributed by atoms with E-state index in [4.69, 9.17) is 0 Å². The summed E-state index contributed by atoms with van der Waals surface area (Å²) in [6, 6.07) is 0. The number of carboxylic acid groups (broad SMARTS) is 1. The Morgan fingerprint density at radius 3 is 1.89 bits per heavy atom. The second-order valence-corrected chi connectivity index (χ2v) is 9.17. The van der Waals surface area contributed by atoms with Gasteiger partial charge in [-0.2, -0.15) is 0 Å². The summed E-state index contributed by atoms with van der Waals surface area (Å²) in [7, 11) is -1.25. The van der Waals surface area contributed by atoms with Gasteiger partial charge in [0.05, 0.1) is 0 Å². The molecule has 102 valence electrons. The molecule has 0 aliphatic heterocycles. The molecule has 4 fully saturated rings. The quantitative estimate of drug-likeness (QED) is 0.857. The van der Waals surface area contributed by atoms with Gasteiger partial charge in [-0.05, 0) is 69.6 Å². The van der Waals surface area contributed by atoms with E-state index < -0.39 is 21.5 Å². The predicted octanol–water partition coefficient (Wildman–Crippen LogP) is 2.42. The van der Waals surface area contributed by atoms with Crippen molar-refractivity contribution in [1.82, 2.24) is 0 Å². The van der Waals surface area contributed by atoms with E-state index in [0.29, 0.717) is 11.8 Å². The second-order valence-electron chi connectivity index (χ2n) is 7.01. The van der Waals surface area contributed by atoms with E-state index >= 15 is 0 Å². The maximum absolute atomic E-state index is 12.7. The molecule has 0 aromatic rings. The highest BCUT2D eigenvalue weighted by atomic mass is 32.2. The summed E-state index contributed by atoms with van der Waals surface area (Å²) in [6.45, 7) is 3.24. The summed E-state index contributed by atoms with van der Waals surface area (Å²) in [5.74, 6) is 1.82. The number of carbonyl (C=O) groups is 1. The highest BCUT2D eigenvalue weighted by molar-refractivity contribution is 7.87. The number of rotatable bonds is 3. The Labute approximate surface area is 111 Å². The Hall–Kier alpha value is -0.380. The molecular weight excluding hydrogens is 248 g/mol. The molecule has 4 aliphatic rings. The minimum atomic E-state index is -1.25. The van der Waals surface area contributed by atoms with Crippen LogP contribution in [0.5, 0.6) is 0 Å². The van der Waals surface area contributed by atoms with Crippen LogP contribution in [0.4, 0.5) is 0 Å². The van der Waals surface area contributed by atoms with E-state index in [1.54, 1.807) is 13.8 Å². The van der Waals surface area contributed by atoms with Crippen LogP contribution in [-0.2, 0) is 15.6 Å². The van der Waals surface area contributed by atoms with E-state index in [-0.39, 0.29) is 5.25 Å². The van der Waals surface area contributed by atoms with Crippen molar-refractivity contribution >= 4 is 16.8 Å². The van der Waals surface area contributed by atoms with Crippen LogP contribution < -0.4 is 0 Å². The molecule has 0 aromatic heterocycles. The zero-order chi connectivity index (χ0) is 13.1. The SMILES string of the molecule is CC(C)(C(=O)O)S(=O)C1C2CC3CC(C2)CC1C3. The normalized spacial score (nSPS) is 44.0. The van der Waals surface area contributed by atoms with Gasteiger partial charge in [0.1, 0.15) is 4.75 Å². The molecule has 0 aromatic carbocycles. The van der Waals surface area contributed by atoms with Crippen LogP contribution in [0.15, 0.2) is 0 Å². The molecule has 3 nitrogen and oxygen atoms in total. The van der Waals surface area contributed by atoms with Crippen LogP contribution >= 0.6 is 0 Å². The number of hydrogen-bond acceptors (Lipinski definition) is 2. The molecule has 1 unspecified atom stereocenters. The molecule has 1 atom stereocenters. The van der Waals surface area contributed by atoms with E-state index in [1.807, 2.05) is 0 Å². The Bertz CT molecular complexity index is 374. The lowest BCUT2D eigenvalue weighted by Crippen LogP contribution is -2.54. The predicted molar refractivity (Wildman–Crippen MR) is 70.7 cm³/mol. The first kappa shape index (κ1) is 12.6. The van der Waals surface area contributed by atoms with Crippen molar-refractivity contribution in [3.05, 3.63) is 0 Å². The zero-order valence-electron chi connectivity index (χ0n) is 11.1. The molecule has 1 N–H and O–H groups in total. The van der Waals surface area contributed by atoms with Crippen molar-refractivity contribution in [1.29, 1.82) is 0 Å². The van der Waals surface area contributed by atoms with Gasteiger partial charge < -0.3 is 5.11 Å². The van der Waals surface area contributed by atoms with E-state index in [0.717, 1.165) is 11.8 Å². The van der Waals surface area contributed by atoms with E-state index in [1.165, 1.54) is 32.1 Å². The lowest BCUT2D eigenvalue weighted by molar-refractivity contribution is -0.139. The standard InChI is InChI=1S/C14H22O3S/c1-14(2,13(15)16)18(17)12-10-4-8-3-9(6-10)7-11(12)5-8/h8-12H,3-7H2,1-2H3,(H,15,16). The molecule has 0 amide bonds. The van der Waals surface area contributed by atoms with Gasteiger partial charge in [-0.1, -0.05) is 0 Å². The Kier molecular flexibility index (Phi) is 2.85. The Balaban J connectivity index is 1.85. The van der Waals surface area contributed by atoms with Crippen molar-refractivity contribution in [2.24, 2.45) is 23.7 Å². The molecule has 4 bridgehead atoms. The fourth-order valence-electron chi connectivity index (χ4n) is 4.65. The van der Waals surface area contributed by atoms with Gasteiger partial charge in [-0.15, -0.1) is 0 Å². The summed E-state index contributed by atoms with van der Waals surface area (Å²) in [4.78, 5) is 11.3. The minimum Gasteiger partial charge on any atom is -0.480 e. The third kappa shape index (κ3) is 1.75. The van der Waals surface area contributed by atoms with E-state index in [9.17, 15) is 14.1 Å². The van der Waals surface area contributed by atoms with Gasteiger partial charge in [0.2, 0.25) is 0 Å². The fraction of sp³-hybridized carbons (Fsp3) is 0.929. The monoisotopic (exact) mass is 270 g/mol. The van der Waals surface area contributed by atoms with Gasteiger partial charge in [0, 0.05) is 16.0 Å². The molecule has 4 saturated carbocycles. The molecule has 0 heterocycles. The lowest BCUT2D eigenvalue weighted by atomic mass is 9.56. The van der Waals surface area contributed by atoms with Crippen LogP contribution in [0.2, 0.25) is 0 Å². The van der Waals surface area contributed by atoms with Crippen molar-refractivity contribution in [3.63, 3.8) is 0 Å². The first-order chi connectivity index (χ1) is 8.39. The van der Waals surface area contributed by atoms with Crippen LogP contribution in [-0.4, -0.2) is 25.3 Å². The summed E-state index contributed by atoms with van der Waals surface area (Å²) in [5, 5.41) is 9.42. The minimum absolute atomic E-state index is 0.142. The zero-order valence-corrected chi connectivity index (χ0v) is 11.9. The first-order valence-electron chi connectivity index (χ1n) is 7.03. The van der Waals surface area contributed by atoms with Gasteiger partial charge in [-0.25, -0.2) is 0 Å². The second kappa shape index (κ2) is 4.06. The van der Waals surface area contributed by atoms with Gasteiger partial charge in [-0.3, -0.25) is 9.00 Å². The van der Waals surface area contributed by atoms with Gasteiger partial charge in [0.15, 0.2) is 0 Å². The van der Waals surface area contributed by atoms with Crippen molar-refractivity contribution in [2.75, 3.05) is 0 Å². The fourth-order valence-corrected chi connectivity index (χ4v) is 6.65. The molecule has 4 aliphatic carbocycles. The first-order valence-corrected chi connectivity index (χ1v) is 8.25. The van der Waals surface area contributed by atoms with Crippen molar-refractivity contribution < 1.29 is 14.1 Å². The molecular formula is C14H22O3S. The highest BCUT2D eigenvalue weighted by Crippen LogP contribution is 2.56. The molecule has 18 heavy (non-hydrogen) atoms. The molecule has 0 spiro atoms. The smallest absolute Gasteiger partial charge is 0.321 e. The Morgan fingerprint density at radius 1 is 1.06 bits per heavy atom. The summed E-state index contributed by atoms with van der Waals surface area (Å²) >= 11 is 0. The van der Waals surface area contributed by atoms with Gasteiger partial charge >= 0.3 is 5.97 Å². The van der Waals surface area contributed by atoms with Crippen LogP contribution in [0.3, 0.4) is 0 Å². The summed E-state index contributed by atoms with van der Waals surface area (Å²) in [5.41, 5.74) is 0. The van der Waals surface area contributed by atoms with Crippen molar-refractivity contribution in [3.8, 4) is 0 Å². The Morgan fingerprint density at radius 2 is 1.50 bits per heavy atom. The van der Waals surface area contributed by atoms with Crippen molar-refractivity contribution in [2.45, 2.75) is 55.9 Å². The van der Waals surface area contributed by atoms with Crippen LogP contribution in [0.1, 0.15) is 46.0 Å². The average molecular weight is 270 g/mol. The molecule has 4 heteroatoms. The summed E-state index contributed by atoms with van der Waals surface area (Å²) in [6.07, 6.45) is 6.14. The highest BCUT2D eigenvalue weighted by Gasteiger charge is 2.53. The maximum Gasteiger partial charge on any atom is 0.321 e. The largest absolute Gasteiger partial charge is 0.480 e. The molecule has 4 rings (SSSR count). The number of hydrogen-bond donors (Lipinski definition) is 1. The molecule has 0 radical (unpaired) electrons. The average Bonchev–Trinajstić information content (AvgIpc) is 2.26. The van der Waals surface area contributed by atoms with Gasteiger partial charge in [0.25, 0.3) is 0 Å². The lowest BCUT2D eigenvalue weighted by Gasteiger charge is -2.54. The number of carboxylic acids is 1. The molecule has 0 saturated heterocycles. The van der Waals surface area contributed by atoms with Crippen LogP contribution in [0.25, 0.3) is 0 Å². The number of aliphatic carboxylic acids is 1.